The summed E-state index contributed by atoms with van der Waals surface area (Å²) >= 11 is 0. The third kappa shape index (κ3) is 11.2. The number of hydrogen-bond donors (Lipinski definition) is 3. The molecule has 3 heterocycles. The van der Waals surface area contributed by atoms with E-state index in [1.165, 1.54) is 65.4 Å². The summed E-state index contributed by atoms with van der Waals surface area (Å²) in [4.78, 5) is 64.6. The van der Waals surface area contributed by atoms with E-state index in [1.54, 1.807) is 77.1 Å². The van der Waals surface area contributed by atoms with Gasteiger partial charge in [0.05, 0.1) is 35.5 Å². The average molecular weight is 1050 g/mol. The van der Waals surface area contributed by atoms with Crippen LogP contribution in [-0.4, -0.2) is 110 Å². The second kappa shape index (κ2) is 22.7. The van der Waals surface area contributed by atoms with Crippen LogP contribution in [0, 0.1) is 37.5 Å². The van der Waals surface area contributed by atoms with Crippen molar-refractivity contribution in [3.8, 4) is 28.7 Å². The molecule has 1 amide bonds. The van der Waals surface area contributed by atoms with Gasteiger partial charge in [-0.3, -0.25) is 19.2 Å². The maximum atomic E-state index is 15.5. The fraction of sp³-hybridized carbons (Fsp3) is 0.446. The number of allylic oxidation sites excluding steroid dienone is 2. The summed E-state index contributed by atoms with van der Waals surface area (Å²) in [7, 11) is -3.32. The number of anilines is 1. The molecule has 1 aliphatic carbocycles. The topological polar surface area (TPSA) is 240 Å². The van der Waals surface area contributed by atoms with Crippen LogP contribution in [0.2, 0.25) is 0 Å². The van der Waals surface area contributed by atoms with E-state index in [1.807, 2.05) is 13.8 Å². The molecular weight excluding hydrogens is 987 g/mol. The Morgan fingerprint density at radius 2 is 1.61 bits per heavy atom. The van der Waals surface area contributed by atoms with Gasteiger partial charge in [-0.1, -0.05) is 83.5 Å². The lowest BCUT2D eigenvalue weighted by Crippen LogP contribution is -2.46. The number of amides is 1. The molecule has 0 fully saturated rings. The van der Waals surface area contributed by atoms with Gasteiger partial charge in [0.25, 0.3) is 11.7 Å². The van der Waals surface area contributed by atoms with E-state index in [0.29, 0.717) is 12.3 Å². The first-order valence-electron chi connectivity index (χ1n) is 25.0. The fourth-order valence-corrected chi connectivity index (χ4v) is 10.7. The molecule has 75 heavy (non-hydrogen) atoms. The molecule has 3 N–H and O–H groups in total. The lowest BCUT2D eigenvalue weighted by Gasteiger charge is -2.38. The van der Waals surface area contributed by atoms with Crippen LogP contribution in [0.5, 0.6) is 17.2 Å². The highest BCUT2D eigenvalue weighted by Gasteiger charge is 2.51. The number of hydrogen-bond acceptors (Lipinski definition) is 17. The van der Waals surface area contributed by atoms with Crippen molar-refractivity contribution in [1.29, 1.82) is 0 Å². The monoisotopic (exact) mass is 1050 g/mol. The molecule has 0 saturated heterocycles. The first kappa shape index (κ1) is 56.1. The predicted octanol–water partition coefficient (Wildman–Crippen LogP) is 8.04. The molecule has 9 atom stereocenters. The van der Waals surface area contributed by atoms with Gasteiger partial charge >= 0.3 is 21.9 Å². The van der Waals surface area contributed by atoms with Gasteiger partial charge in [-0.05, 0) is 64.2 Å². The number of benzene rings is 4. The Morgan fingerprint density at radius 1 is 0.920 bits per heavy atom. The van der Waals surface area contributed by atoms with Crippen molar-refractivity contribution in [1.82, 2.24) is 9.88 Å². The molecule has 0 aromatic heterocycles. The van der Waals surface area contributed by atoms with E-state index in [0.717, 1.165) is 18.7 Å². The Morgan fingerprint density at radius 3 is 2.27 bits per heavy atom. The highest BCUT2D eigenvalue weighted by Crippen LogP contribution is 2.51. The van der Waals surface area contributed by atoms with Gasteiger partial charge in [-0.25, -0.2) is 4.98 Å². The van der Waals surface area contributed by atoms with E-state index in [-0.39, 0.29) is 61.9 Å². The summed E-state index contributed by atoms with van der Waals surface area (Å²) in [5.74, 6) is -7.83. The first-order chi connectivity index (χ1) is 35.5. The Kier molecular flexibility index (Phi) is 17.0. The smallest absolute Gasteiger partial charge is 0.339 e. The molecule has 0 radical (unpaired) electrons. The molecule has 4 bridgehead atoms. The van der Waals surface area contributed by atoms with Gasteiger partial charge in [0.2, 0.25) is 5.43 Å². The molecule has 3 aromatic rings. The van der Waals surface area contributed by atoms with Crippen LogP contribution >= 0.6 is 0 Å². The number of nitrogens with one attached hydrogen (secondary N) is 1. The van der Waals surface area contributed by atoms with E-state index < -0.39 is 104 Å². The SMILES string of the molecule is CCN(CC)CCOc1cccc2oc3c4c(=O)c5c(OS(=O)(=O)c6ccc(C)cc6)c(C)c6c(c5c-3nc12)C(=O)[C@@](C)(O/C=C/[C@H](OC)[C@@H](C)[C@@H](OC(C)=O)[C@H](C)[C@H](O)[C@H](C)[C@@H](O)[C@@H](C)/C=C/C=C(/C)C(=O)N4)O6. The number of ketones is 1. The number of aromatic nitrogens is 1. The van der Waals surface area contributed by atoms with Crippen molar-refractivity contribution in [2.24, 2.45) is 23.7 Å². The number of fused-ring (bicyclic) bond motifs is 2. The summed E-state index contributed by atoms with van der Waals surface area (Å²) in [6, 6.07) is 10.8. The second-order valence-electron chi connectivity index (χ2n) is 19.5. The second-order valence-corrected chi connectivity index (χ2v) is 21.1. The van der Waals surface area contributed by atoms with Crippen LogP contribution in [0.15, 0.2) is 92.7 Å². The number of methoxy groups -OCH3 is 1. The molecule has 402 valence electrons. The lowest BCUT2D eigenvalue weighted by molar-refractivity contribution is -0.160. The molecule has 0 spiro atoms. The van der Waals surface area contributed by atoms with Crippen LogP contribution in [0.3, 0.4) is 0 Å². The quantitative estimate of drug-likeness (QED) is 0.0491. The number of carbonyl (C=O) groups is 3. The van der Waals surface area contributed by atoms with Gasteiger partial charge in [0, 0.05) is 67.7 Å². The van der Waals surface area contributed by atoms with Gasteiger partial charge in [-0.15, -0.1) is 0 Å². The minimum Gasteiger partial charge on any atom is -0.490 e. The van der Waals surface area contributed by atoms with E-state index in [4.69, 9.17) is 37.3 Å². The number of para-hydroxylation sites is 1. The zero-order chi connectivity index (χ0) is 54.8. The number of Topliss-reactive ketones (excluding diaryl/α,β-unsaturated/α-hetero) is 1. The van der Waals surface area contributed by atoms with Gasteiger partial charge in [0.1, 0.15) is 46.0 Å². The molecule has 3 aromatic carbocycles. The number of aliphatic hydroxyl groups excluding tert-OH is 2. The lowest BCUT2D eigenvalue weighted by atomic mass is 9.78. The van der Waals surface area contributed by atoms with Crippen molar-refractivity contribution < 1.29 is 65.3 Å². The third-order valence-corrected chi connectivity index (χ3v) is 15.6. The number of nitrogens with zero attached hydrogens (tertiary/aromatic N) is 2. The largest absolute Gasteiger partial charge is 0.490 e. The Labute approximate surface area is 436 Å². The Balaban J connectivity index is 1.53. The van der Waals surface area contributed by atoms with Crippen molar-refractivity contribution in [2.75, 3.05) is 38.7 Å². The number of aryl methyl sites for hydroxylation is 1. The van der Waals surface area contributed by atoms with Crippen LogP contribution in [-0.2, 0) is 33.9 Å². The fourth-order valence-electron chi connectivity index (χ4n) is 9.70. The average Bonchev–Trinajstić information content (AvgIpc) is 3.65. The van der Waals surface area contributed by atoms with Crippen molar-refractivity contribution in [3.63, 3.8) is 0 Å². The van der Waals surface area contributed by atoms with Gasteiger partial charge in [-0.2, -0.15) is 8.42 Å². The number of esters is 1. The highest BCUT2D eigenvalue weighted by molar-refractivity contribution is 7.87. The van der Waals surface area contributed by atoms with Crippen LogP contribution in [0.4, 0.5) is 5.69 Å². The molecular formula is C56H67N3O15S. The summed E-state index contributed by atoms with van der Waals surface area (Å²) in [6.45, 7) is 20.6. The molecule has 4 aliphatic rings. The number of ether oxygens (including phenoxy) is 5. The summed E-state index contributed by atoms with van der Waals surface area (Å²) in [6.07, 6.45) is 3.20. The normalized spacial score (nSPS) is 26.4. The summed E-state index contributed by atoms with van der Waals surface area (Å²) < 4.78 is 71.8. The van der Waals surface area contributed by atoms with E-state index in [2.05, 4.69) is 10.2 Å². The molecule has 18 nitrogen and oxygen atoms in total. The maximum Gasteiger partial charge on any atom is 0.339 e. The number of aliphatic hydroxyl groups is 2. The number of likely N-dealkylation sites (N-methyl/N-ethyl adjacent to an activating group) is 1. The van der Waals surface area contributed by atoms with E-state index >= 15 is 9.59 Å². The van der Waals surface area contributed by atoms with Gasteiger partial charge in [0.15, 0.2) is 17.1 Å². The van der Waals surface area contributed by atoms with Crippen molar-refractivity contribution in [2.45, 2.75) is 111 Å². The number of rotatable bonds is 11. The molecule has 0 unspecified atom stereocenters. The molecule has 19 heteroatoms. The molecule has 0 saturated carbocycles. The zero-order valence-corrected chi connectivity index (χ0v) is 45.2. The summed E-state index contributed by atoms with van der Waals surface area (Å²) in [5, 5.41) is 25.2. The molecule has 7 rings (SSSR count). The maximum absolute atomic E-state index is 15.5. The Hall–Kier alpha value is -6.64. The highest BCUT2D eigenvalue weighted by atomic mass is 32.2. The number of carbonyl (C=O) groups excluding carboxylic acids is 3. The van der Waals surface area contributed by atoms with Crippen molar-refractivity contribution >= 4 is 55.3 Å². The minimum atomic E-state index is -4.74. The minimum absolute atomic E-state index is 0.0813. The van der Waals surface area contributed by atoms with Crippen LogP contribution < -0.4 is 24.4 Å². The van der Waals surface area contributed by atoms with Crippen molar-refractivity contribution in [3.05, 3.63) is 106 Å². The third-order valence-electron chi connectivity index (χ3n) is 14.4. The Bertz CT molecular complexity index is 3220. The van der Waals surface area contributed by atoms with Crippen LogP contribution in [0.25, 0.3) is 33.3 Å². The predicted molar refractivity (Wildman–Crippen MR) is 282 cm³/mol. The van der Waals surface area contributed by atoms with Gasteiger partial charge < -0.3 is 52.7 Å². The molecule has 3 aliphatic heterocycles. The van der Waals surface area contributed by atoms with E-state index in [9.17, 15) is 28.2 Å². The standard InChI is InChI=1S/C56H67N3O15S/c1-13-59(14-2)26-28-69-39-19-16-20-40-44(39)57-45-41-42-49(63)46(53(45)72-40)58-55(65)31(5)18-15-17-30(4)47(61)33(7)48(62)34(8)50(71-36(10)60)32(6)38(68-12)25-27-70-56(11)54(64)43(41)51(73-56)35(9)52(42)74-75(66,67)37-23-21-29(3)22-24-37/h15-25,27,30,32-34,38,47-48,50,61-62H,13-14,26,28H2,1-12H3,(H,58,65)/b17-15+,27-25+,31-18-/t30-,32+,33+,34+,38-,47-,48+,50+,56-/m0/s1. The first-order valence-corrected chi connectivity index (χ1v) is 26.5. The summed E-state index contributed by atoms with van der Waals surface area (Å²) in [5.41, 5.74) is -0.729. The van der Waals surface area contributed by atoms with Crippen LogP contribution in [0.1, 0.15) is 83.8 Å². The zero-order valence-electron chi connectivity index (χ0n) is 44.4.